The van der Waals surface area contributed by atoms with Crippen LogP contribution in [-0.4, -0.2) is 38.6 Å². The van der Waals surface area contributed by atoms with Gasteiger partial charge in [-0.25, -0.2) is 18.2 Å². The number of carbonyl (C=O) groups excluding carboxylic acids is 2. The van der Waals surface area contributed by atoms with Gasteiger partial charge in [-0.2, -0.15) is 0 Å². The summed E-state index contributed by atoms with van der Waals surface area (Å²) < 4.78 is 23.9. The maximum absolute atomic E-state index is 12.0. The fourth-order valence-electron chi connectivity index (χ4n) is 2.11. The van der Waals surface area contributed by atoms with E-state index in [0.29, 0.717) is 0 Å². The lowest BCUT2D eigenvalue weighted by Gasteiger charge is -2.15. The molecule has 0 aliphatic rings. The number of primary amides is 1. The van der Waals surface area contributed by atoms with Gasteiger partial charge in [-0.1, -0.05) is 12.1 Å². The number of nitrogens with one attached hydrogen (secondary N) is 3. The lowest BCUT2D eigenvalue weighted by Crippen LogP contribution is -2.22. The Morgan fingerprint density at radius 3 is 2.44 bits per heavy atom. The van der Waals surface area contributed by atoms with E-state index >= 15 is 0 Å². The molecule has 3 amide bonds. The zero-order valence-electron chi connectivity index (χ0n) is 13.5. The number of nitrogens with zero attached hydrogens (tertiary/aromatic N) is 1. The predicted octanol–water partition coefficient (Wildman–Crippen LogP) is 1.08. The third-order valence-electron chi connectivity index (χ3n) is 3.18. The van der Waals surface area contributed by atoms with E-state index in [-0.39, 0.29) is 27.7 Å². The number of para-hydroxylation sites is 1. The summed E-state index contributed by atoms with van der Waals surface area (Å²) in [6.45, 7) is 0. The number of rotatable bonds is 5. The number of anilines is 3. The van der Waals surface area contributed by atoms with Crippen molar-refractivity contribution in [2.45, 2.75) is 4.90 Å². The van der Waals surface area contributed by atoms with Crippen LogP contribution >= 0.6 is 0 Å². The van der Waals surface area contributed by atoms with Crippen molar-refractivity contribution >= 4 is 39.0 Å². The highest BCUT2D eigenvalue weighted by molar-refractivity contribution is 7.90. The van der Waals surface area contributed by atoms with Gasteiger partial charge < -0.3 is 16.4 Å². The van der Waals surface area contributed by atoms with E-state index in [1.165, 1.54) is 25.4 Å². The third kappa shape index (κ3) is 4.44. The van der Waals surface area contributed by atoms with Crippen LogP contribution in [0.2, 0.25) is 0 Å². The Balaban J connectivity index is 2.54. The van der Waals surface area contributed by atoms with Crippen molar-refractivity contribution < 1.29 is 18.0 Å². The van der Waals surface area contributed by atoms with Gasteiger partial charge in [0, 0.05) is 25.6 Å². The molecular weight excluding hydrogens is 346 g/mol. The lowest BCUT2D eigenvalue weighted by atomic mass is 10.2. The maximum Gasteiger partial charge on any atom is 0.317 e. The zero-order chi connectivity index (χ0) is 18.6. The number of hydrogen-bond acceptors (Lipinski definition) is 6. The molecule has 0 radical (unpaired) electrons. The average molecular weight is 363 g/mol. The molecule has 5 N–H and O–H groups in total. The Hall–Kier alpha value is -3.14. The van der Waals surface area contributed by atoms with Gasteiger partial charge in [-0.15, -0.1) is 0 Å². The topological polar surface area (TPSA) is 143 Å². The molecule has 10 heteroatoms. The van der Waals surface area contributed by atoms with Gasteiger partial charge in [0.05, 0.1) is 21.8 Å². The largest absolute Gasteiger partial charge is 0.355 e. The molecular formula is C15H17N5O4S. The second-order valence-electron chi connectivity index (χ2n) is 5.08. The van der Waals surface area contributed by atoms with Gasteiger partial charge in [-0.3, -0.25) is 10.1 Å². The fourth-order valence-corrected chi connectivity index (χ4v) is 2.95. The van der Waals surface area contributed by atoms with Crippen molar-refractivity contribution in [3.05, 3.63) is 42.1 Å². The van der Waals surface area contributed by atoms with E-state index in [4.69, 9.17) is 5.73 Å². The summed E-state index contributed by atoms with van der Waals surface area (Å²) in [6.07, 6.45) is 2.33. The Kier molecular flexibility index (Phi) is 5.22. The molecule has 0 aliphatic carbocycles. The summed E-state index contributed by atoms with van der Waals surface area (Å²) in [7, 11) is -2.04. The highest BCUT2D eigenvalue weighted by Crippen LogP contribution is 2.28. The number of hydrogen-bond donors (Lipinski definition) is 4. The molecule has 2 rings (SSSR count). The predicted molar refractivity (Wildman–Crippen MR) is 93.7 cm³/mol. The van der Waals surface area contributed by atoms with E-state index < -0.39 is 21.8 Å². The SMILES string of the molecule is CNC(=O)c1cnc(NC(N)=O)cc1Nc1ccccc1S(C)(=O)=O. The van der Waals surface area contributed by atoms with Crippen molar-refractivity contribution in [2.75, 3.05) is 23.9 Å². The zero-order valence-corrected chi connectivity index (χ0v) is 14.3. The number of urea groups is 1. The van der Waals surface area contributed by atoms with Gasteiger partial charge in [0.25, 0.3) is 5.91 Å². The molecule has 9 nitrogen and oxygen atoms in total. The van der Waals surface area contributed by atoms with Crippen LogP contribution in [0.4, 0.5) is 22.0 Å². The molecule has 0 saturated heterocycles. The van der Waals surface area contributed by atoms with Crippen LogP contribution in [0, 0.1) is 0 Å². The molecule has 0 bridgehead atoms. The van der Waals surface area contributed by atoms with E-state index in [0.717, 1.165) is 6.26 Å². The molecule has 0 saturated carbocycles. The van der Waals surface area contributed by atoms with Gasteiger partial charge in [0.1, 0.15) is 5.82 Å². The summed E-state index contributed by atoms with van der Waals surface area (Å²) in [6, 6.07) is 6.82. The first-order valence-corrected chi connectivity index (χ1v) is 8.96. The second-order valence-corrected chi connectivity index (χ2v) is 7.06. The fraction of sp³-hybridized carbons (Fsp3) is 0.133. The summed E-state index contributed by atoms with van der Waals surface area (Å²) in [5.41, 5.74) is 5.77. The number of amides is 3. The van der Waals surface area contributed by atoms with Crippen molar-refractivity contribution in [3.63, 3.8) is 0 Å². The van der Waals surface area contributed by atoms with Gasteiger partial charge in [0.15, 0.2) is 9.84 Å². The number of aromatic nitrogens is 1. The van der Waals surface area contributed by atoms with Crippen LogP contribution in [0.3, 0.4) is 0 Å². The van der Waals surface area contributed by atoms with E-state index in [2.05, 4.69) is 20.9 Å². The quantitative estimate of drug-likeness (QED) is 0.626. The molecule has 0 atom stereocenters. The Labute approximate surface area is 144 Å². The van der Waals surface area contributed by atoms with Crippen LogP contribution < -0.4 is 21.7 Å². The van der Waals surface area contributed by atoms with Gasteiger partial charge in [0.2, 0.25) is 0 Å². The molecule has 132 valence electrons. The van der Waals surface area contributed by atoms with Crippen LogP contribution in [-0.2, 0) is 9.84 Å². The molecule has 1 aromatic heterocycles. The van der Waals surface area contributed by atoms with Crippen LogP contribution in [0.15, 0.2) is 41.4 Å². The monoisotopic (exact) mass is 363 g/mol. The Morgan fingerprint density at radius 2 is 1.84 bits per heavy atom. The molecule has 0 unspecified atom stereocenters. The highest BCUT2D eigenvalue weighted by Gasteiger charge is 2.17. The normalized spacial score (nSPS) is 10.8. The Bertz CT molecular complexity index is 927. The van der Waals surface area contributed by atoms with Crippen LogP contribution in [0.25, 0.3) is 0 Å². The average Bonchev–Trinajstić information content (AvgIpc) is 2.53. The Morgan fingerprint density at radius 1 is 1.16 bits per heavy atom. The second kappa shape index (κ2) is 7.18. The molecule has 0 spiro atoms. The van der Waals surface area contributed by atoms with Crippen molar-refractivity contribution in [2.24, 2.45) is 5.73 Å². The molecule has 25 heavy (non-hydrogen) atoms. The summed E-state index contributed by atoms with van der Waals surface area (Å²) in [5, 5.41) is 7.67. The molecule has 2 aromatic rings. The van der Waals surface area contributed by atoms with Gasteiger partial charge in [-0.05, 0) is 12.1 Å². The van der Waals surface area contributed by atoms with Crippen molar-refractivity contribution in [1.29, 1.82) is 0 Å². The smallest absolute Gasteiger partial charge is 0.317 e. The van der Waals surface area contributed by atoms with Crippen molar-refractivity contribution in [3.8, 4) is 0 Å². The van der Waals surface area contributed by atoms with Crippen molar-refractivity contribution in [1.82, 2.24) is 10.3 Å². The van der Waals surface area contributed by atoms with Gasteiger partial charge >= 0.3 is 6.03 Å². The number of sulfone groups is 1. The number of nitrogens with two attached hydrogens (primary N) is 1. The summed E-state index contributed by atoms with van der Waals surface area (Å²) in [4.78, 5) is 27.0. The minimum absolute atomic E-state index is 0.0686. The number of benzene rings is 1. The number of carbonyl (C=O) groups is 2. The summed E-state index contributed by atoms with van der Waals surface area (Å²) in [5.74, 6) is -0.322. The minimum Gasteiger partial charge on any atom is -0.355 e. The first-order chi connectivity index (χ1) is 11.7. The molecule has 1 heterocycles. The first kappa shape index (κ1) is 18.2. The lowest BCUT2D eigenvalue weighted by molar-refractivity contribution is 0.0963. The van der Waals surface area contributed by atoms with E-state index in [9.17, 15) is 18.0 Å². The number of pyridine rings is 1. The first-order valence-electron chi connectivity index (χ1n) is 7.07. The maximum atomic E-state index is 12.0. The minimum atomic E-state index is -3.49. The summed E-state index contributed by atoms with van der Waals surface area (Å²) >= 11 is 0. The van der Waals surface area contributed by atoms with E-state index in [1.807, 2.05) is 0 Å². The molecule has 0 fully saturated rings. The van der Waals surface area contributed by atoms with Crippen LogP contribution in [0.5, 0.6) is 0 Å². The molecule has 0 aliphatic heterocycles. The standard InChI is InChI=1S/C15H17N5O4S/c1-17-14(21)9-8-18-13(20-15(16)22)7-11(9)19-10-5-3-4-6-12(10)25(2,23)24/h3-8H,1-2H3,(H,17,21)(H4,16,18,19,20,22). The van der Waals surface area contributed by atoms with Crippen LogP contribution in [0.1, 0.15) is 10.4 Å². The molecule has 1 aromatic carbocycles. The highest BCUT2D eigenvalue weighted by atomic mass is 32.2. The van der Waals surface area contributed by atoms with E-state index in [1.54, 1.807) is 18.2 Å². The third-order valence-corrected chi connectivity index (χ3v) is 4.34.